The van der Waals surface area contributed by atoms with Crippen molar-refractivity contribution in [1.29, 1.82) is 0 Å². The Kier molecular flexibility index (Phi) is 9.92. The first kappa shape index (κ1) is 13.5. The molecule has 0 aromatic heterocycles. The standard InChI is InChI=1S/C8H18O.C2H6/c1-4-7-8(9,5-2)6-3;1-2/h9H,4-7H2,1-3H3;1-2H3. The first-order valence-corrected chi connectivity index (χ1v) is 4.91. The molecule has 0 saturated heterocycles. The highest BCUT2D eigenvalue weighted by Crippen LogP contribution is 2.20. The van der Waals surface area contributed by atoms with Crippen molar-refractivity contribution in [1.82, 2.24) is 0 Å². The Morgan fingerprint density at radius 1 is 1.00 bits per heavy atom. The molecule has 0 aromatic carbocycles. The van der Waals surface area contributed by atoms with Gasteiger partial charge in [-0.2, -0.15) is 0 Å². The van der Waals surface area contributed by atoms with Crippen LogP contribution in [0.5, 0.6) is 0 Å². The van der Waals surface area contributed by atoms with Gasteiger partial charge in [0.25, 0.3) is 0 Å². The van der Waals surface area contributed by atoms with E-state index in [4.69, 9.17) is 0 Å². The molecule has 1 N–H and O–H groups in total. The SMILES string of the molecule is CC.CCCC(O)(CC)CC. The molecule has 70 valence electrons. The third-order valence-electron chi connectivity index (χ3n) is 2.03. The quantitative estimate of drug-likeness (QED) is 0.668. The summed E-state index contributed by atoms with van der Waals surface area (Å²) in [6.07, 6.45) is 3.80. The number of aliphatic hydroxyl groups is 1. The van der Waals surface area contributed by atoms with Gasteiger partial charge in [0, 0.05) is 0 Å². The van der Waals surface area contributed by atoms with Gasteiger partial charge in [0.05, 0.1) is 5.60 Å². The summed E-state index contributed by atoms with van der Waals surface area (Å²) in [5, 5.41) is 9.63. The summed E-state index contributed by atoms with van der Waals surface area (Å²) >= 11 is 0. The van der Waals surface area contributed by atoms with Crippen LogP contribution < -0.4 is 0 Å². The van der Waals surface area contributed by atoms with Gasteiger partial charge in [0.1, 0.15) is 0 Å². The van der Waals surface area contributed by atoms with Crippen LogP contribution in [0.3, 0.4) is 0 Å². The van der Waals surface area contributed by atoms with Crippen LogP contribution in [-0.2, 0) is 0 Å². The van der Waals surface area contributed by atoms with Crippen molar-refractivity contribution >= 4 is 0 Å². The van der Waals surface area contributed by atoms with E-state index in [9.17, 15) is 5.11 Å². The van der Waals surface area contributed by atoms with E-state index in [2.05, 4.69) is 6.92 Å². The molecule has 0 bridgehead atoms. The van der Waals surface area contributed by atoms with Gasteiger partial charge in [-0.15, -0.1) is 0 Å². The minimum atomic E-state index is -0.366. The number of hydrogen-bond acceptors (Lipinski definition) is 1. The van der Waals surface area contributed by atoms with Gasteiger partial charge in [-0.3, -0.25) is 0 Å². The number of rotatable bonds is 4. The maximum atomic E-state index is 9.63. The second-order valence-electron chi connectivity index (χ2n) is 2.68. The van der Waals surface area contributed by atoms with Crippen molar-refractivity contribution in [2.75, 3.05) is 0 Å². The average molecular weight is 160 g/mol. The molecule has 0 saturated carbocycles. The van der Waals surface area contributed by atoms with E-state index in [0.29, 0.717) is 0 Å². The lowest BCUT2D eigenvalue weighted by Crippen LogP contribution is -2.25. The maximum Gasteiger partial charge on any atom is 0.0642 e. The third-order valence-corrected chi connectivity index (χ3v) is 2.03. The summed E-state index contributed by atoms with van der Waals surface area (Å²) in [5.41, 5.74) is -0.366. The fourth-order valence-corrected chi connectivity index (χ4v) is 1.07. The smallest absolute Gasteiger partial charge is 0.0642 e. The molecular weight excluding hydrogens is 136 g/mol. The minimum Gasteiger partial charge on any atom is -0.390 e. The van der Waals surface area contributed by atoms with Crippen LogP contribution in [0.1, 0.15) is 60.3 Å². The molecule has 0 amide bonds. The fraction of sp³-hybridized carbons (Fsp3) is 1.00. The predicted molar refractivity (Wildman–Crippen MR) is 51.8 cm³/mol. The second kappa shape index (κ2) is 8.06. The highest BCUT2D eigenvalue weighted by atomic mass is 16.3. The molecule has 0 unspecified atom stereocenters. The van der Waals surface area contributed by atoms with Crippen LogP contribution in [0.15, 0.2) is 0 Å². The van der Waals surface area contributed by atoms with E-state index in [1.165, 1.54) is 0 Å². The topological polar surface area (TPSA) is 20.2 Å². The van der Waals surface area contributed by atoms with Crippen LogP contribution in [0.2, 0.25) is 0 Å². The molecular formula is C10H24O. The van der Waals surface area contributed by atoms with Crippen LogP contribution in [0, 0.1) is 0 Å². The van der Waals surface area contributed by atoms with Gasteiger partial charge >= 0.3 is 0 Å². The van der Waals surface area contributed by atoms with Crippen molar-refractivity contribution in [2.24, 2.45) is 0 Å². The van der Waals surface area contributed by atoms with Gasteiger partial charge in [0.2, 0.25) is 0 Å². The molecule has 0 radical (unpaired) electrons. The normalized spacial score (nSPS) is 10.4. The average Bonchev–Trinajstić information content (AvgIpc) is 2.08. The van der Waals surface area contributed by atoms with E-state index in [1.807, 2.05) is 27.7 Å². The molecule has 1 heteroatoms. The third kappa shape index (κ3) is 6.36. The first-order valence-electron chi connectivity index (χ1n) is 4.91. The van der Waals surface area contributed by atoms with E-state index in [0.717, 1.165) is 25.7 Å². The van der Waals surface area contributed by atoms with Crippen molar-refractivity contribution in [3.8, 4) is 0 Å². The summed E-state index contributed by atoms with van der Waals surface area (Å²) in [7, 11) is 0. The molecule has 11 heavy (non-hydrogen) atoms. The summed E-state index contributed by atoms with van der Waals surface area (Å²) in [4.78, 5) is 0. The van der Waals surface area contributed by atoms with E-state index < -0.39 is 0 Å². The van der Waals surface area contributed by atoms with Gasteiger partial charge in [-0.25, -0.2) is 0 Å². The summed E-state index contributed by atoms with van der Waals surface area (Å²) in [5.74, 6) is 0. The predicted octanol–water partition coefficient (Wildman–Crippen LogP) is 3.36. The fourth-order valence-electron chi connectivity index (χ4n) is 1.07. The van der Waals surface area contributed by atoms with Gasteiger partial charge < -0.3 is 5.11 Å². The van der Waals surface area contributed by atoms with Crippen LogP contribution in [-0.4, -0.2) is 10.7 Å². The van der Waals surface area contributed by atoms with Crippen molar-refractivity contribution in [3.05, 3.63) is 0 Å². The summed E-state index contributed by atoms with van der Waals surface area (Å²) < 4.78 is 0. The zero-order valence-corrected chi connectivity index (χ0v) is 8.78. The molecule has 1 nitrogen and oxygen atoms in total. The molecule has 0 aliphatic heterocycles. The minimum absolute atomic E-state index is 0.366. The molecule has 0 heterocycles. The Hall–Kier alpha value is -0.0400. The lowest BCUT2D eigenvalue weighted by molar-refractivity contribution is 0.0230. The Morgan fingerprint density at radius 3 is 1.45 bits per heavy atom. The molecule has 0 aromatic rings. The Balaban J connectivity index is 0. The zero-order chi connectivity index (χ0) is 9.33. The molecule has 0 spiro atoms. The molecule has 0 aliphatic rings. The highest BCUT2D eigenvalue weighted by Gasteiger charge is 2.19. The number of hydrogen-bond donors (Lipinski definition) is 1. The first-order chi connectivity index (χ1) is 5.18. The van der Waals surface area contributed by atoms with E-state index in [1.54, 1.807) is 0 Å². The molecule has 0 atom stereocenters. The van der Waals surface area contributed by atoms with Crippen molar-refractivity contribution in [3.63, 3.8) is 0 Å². The largest absolute Gasteiger partial charge is 0.390 e. The maximum absolute atomic E-state index is 9.63. The Labute approximate surface area is 71.8 Å². The van der Waals surface area contributed by atoms with Crippen LogP contribution >= 0.6 is 0 Å². The Morgan fingerprint density at radius 2 is 1.36 bits per heavy atom. The van der Waals surface area contributed by atoms with Gasteiger partial charge in [-0.05, 0) is 19.3 Å². The van der Waals surface area contributed by atoms with Crippen LogP contribution in [0.4, 0.5) is 0 Å². The summed E-state index contributed by atoms with van der Waals surface area (Å²) in [6.45, 7) is 10.2. The van der Waals surface area contributed by atoms with Crippen molar-refractivity contribution < 1.29 is 5.11 Å². The van der Waals surface area contributed by atoms with Crippen LogP contribution in [0.25, 0.3) is 0 Å². The zero-order valence-electron chi connectivity index (χ0n) is 8.78. The van der Waals surface area contributed by atoms with E-state index >= 15 is 0 Å². The second-order valence-corrected chi connectivity index (χ2v) is 2.68. The molecule has 0 fully saturated rings. The van der Waals surface area contributed by atoms with Gasteiger partial charge in [0.15, 0.2) is 0 Å². The Bertz CT molecular complexity index is 65.3. The lowest BCUT2D eigenvalue weighted by Gasteiger charge is -2.23. The molecule has 0 rings (SSSR count). The molecule has 0 aliphatic carbocycles. The van der Waals surface area contributed by atoms with Gasteiger partial charge in [-0.1, -0.05) is 41.0 Å². The van der Waals surface area contributed by atoms with E-state index in [-0.39, 0.29) is 5.60 Å². The highest BCUT2D eigenvalue weighted by molar-refractivity contribution is 4.73. The monoisotopic (exact) mass is 160 g/mol. The van der Waals surface area contributed by atoms with Crippen molar-refractivity contribution in [2.45, 2.75) is 65.9 Å². The summed E-state index contributed by atoms with van der Waals surface area (Å²) in [6, 6.07) is 0. The lowest BCUT2D eigenvalue weighted by atomic mass is 9.92.